The predicted octanol–water partition coefficient (Wildman–Crippen LogP) is 3.63. The smallest absolute Gasteiger partial charge is 0.243 e. The van der Waals surface area contributed by atoms with Gasteiger partial charge in [-0.15, -0.1) is 0 Å². The molecule has 0 spiro atoms. The number of aliphatic carboxylic acids is 1. The van der Waals surface area contributed by atoms with Crippen LogP contribution in [0.15, 0.2) is 18.7 Å². The van der Waals surface area contributed by atoms with Crippen LogP contribution < -0.4 is 9.67 Å². The fourth-order valence-corrected chi connectivity index (χ4v) is 2.65. The van der Waals surface area contributed by atoms with Crippen molar-refractivity contribution in [2.24, 2.45) is 13.0 Å². The Hall–Kier alpha value is -1.32. The molecule has 0 aliphatic rings. The second-order valence-electron chi connectivity index (χ2n) is 6.65. The Morgan fingerprint density at radius 2 is 1.67 bits per heavy atom. The van der Waals surface area contributed by atoms with Crippen LogP contribution in [0.1, 0.15) is 85.0 Å². The van der Waals surface area contributed by atoms with E-state index in [1.807, 2.05) is 6.92 Å². The van der Waals surface area contributed by atoms with Crippen LogP contribution in [0.5, 0.6) is 0 Å². The summed E-state index contributed by atoms with van der Waals surface area (Å²) in [6.45, 7) is 7.38. The van der Waals surface area contributed by atoms with Crippen LogP contribution in [-0.4, -0.2) is 10.5 Å². The molecule has 0 aliphatic heterocycles. The van der Waals surface area contributed by atoms with Gasteiger partial charge in [0.2, 0.25) is 6.33 Å². The molecule has 1 aromatic heterocycles. The molecular formula is C20H38N2O2. The van der Waals surface area contributed by atoms with Crippen molar-refractivity contribution in [1.29, 1.82) is 0 Å². The van der Waals surface area contributed by atoms with Gasteiger partial charge in [-0.2, -0.15) is 0 Å². The monoisotopic (exact) mass is 338 g/mol. The van der Waals surface area contributed by atoms with Crippen LogP contribution in [0.4, 0.5) is 0 Å². The van der Waals surface area contributed by atoms with Crippen LogP contribution >= 0.6 is 0 Å². The van der Waals surface area contributed by atoms with Gasteiger partial charge in [0.25, 0.3) is 0 Å². The van der Waals surface area contributed by atoms with Gasteiger partial charge in [-0.1, -0.05) is 59.3 Å². The van der Waals surface area contributed by atoms with E-state index in [0.29, 0.717) is 6.42 Å². The Morgan fingerprint density at radius 3 is 2.17 bits per heavy atom. The highest BCUT2D eigenvalue weighted by Gasteiger charge is 2.04. The summed E-state index contributed by atoms with van der Waals surface area (Å²) in [4.78, 5) is 10.3. The number of hydrogen-bond donors (Lipinski definition) is 0. The summed E-state index contributed by atoms with van der Waals surface area (Å²) >= 11 is 0. The maximum atomic E-state index is 10.3. The largest absolute Gasteiger partial charge is 0.550 e. The van der Waals surface area contributed by atoms with Gasteiger partial charge in [0.15, 0.2) is 0 Å². The maximum absolute atomic E-state index is 10.3. The number of aromatic nitrogens is 2. The molecule has 0 saturated heterocycles. The average Bonchev–Trinajstić information content (AvgIpc) is 2.97. The van der Waals surface area contributed by atoms with Gasteiger partial charge in [-0.3, -0.25) is 0 Å². The zero-order valence-electron chi connectivity index (χ0n) is 16.3. The summed E-state index contributed by atoms with van der Waals surface area (Å²) in [6.07, 6.45) is 18.2. The summed E-state index contributed by atoms with van der Waals surface area (Å²) < 4.78 is 4.36. The molecule has 0 bridgehead atoms. The van der Waals surface area contributed by atoms with Crippen LogP contribution in [0.2, 0.25) is 0 Å². The van der Waals surface area contributed by atoms with Gasteiger partial charge in [0.05, 0.1) is 13.6 Å². The minimum atomic E-state index is -0.893. The van der Waals surface area contributed by atoms with Gasteiger partial charge in [-0.25, -0.2) is 9.13 Å². The SMILES string of the molecule is CCCCC(CC)C(=O)[O-].CCCCCCCC[n+]1ccn(C)c1. The number of hydrogen-bond acceptors (Lipinski definition) is 2. The first-order valence-corrected chi connectivity index (χ1v) is 9.76. The molecule has 0 N–H and O–H groups in total. The van der Waals surface area contributed by atoms with Crippen molar-refractivity contribution in [2.75, 3.05) is 0 Å². The summed E-state index contributed by atoms with van der Waals surface area (Å²) in [7, 11) is 2.07. The van der Waals surface area contributed by atoms with Crippen molar-refractivity contribution in [1.82, 2.24) is 4.57 Å². The molecule has 4 nitrogen and oxygen atoms in total. The van der Waals surface area contributed by atoms with E-state index in [-0.39, 0.29) is 5.92 Å². The van der Waals surface area contributed by atoms with Gasteiger partial charge >= 0.3 is 0 Å². The molecule has 24 heavy (non-hydrogen) atoms. The summed E-state index contributed by atoms with van der Waals surface area (Å²) in [5.74, 6) is -1.11. The Labute approximate surface area is 148 Å². The molecule has 1 heterocycles. The zero-order chi connectivity index (χ0) is 18.2. The lowest BCUT2D eigenvalue weighted by Crippen LogP contribution is -2.30. The van der Waals surface area contributed by atoms with E-state index in [1.54, 1.807) is 0 Å². The van der Waals surface area contributed by atoms with E-state index in [1.165, 1.54) is 45.1 Å². The van der Waals surface area contributed by atoms with E-state index in [0.717, 1.165) is 19.3 Å². The molecule has 1 rings (SSSR count). The third-order valence-corrected chi connectivity index (χ3v) is 4.33. The molecule has 0 saturated carbocycles. The first kappa shape index (κ1) is 22.7. The summed E-state index contributed by atoms with van der Waals surface area (Å²) in [5.41, 5.74) is 0. The quantitative estimate of drug-likeness (QED) is 0.432. The van der Waals surface area contributed by atoms with E-state index in [9.17, 15) is 9.90 Å². The zero-order valence-corrected chi connectivity index (χ0v) is 16.3. The second kappa shape index (κ2) is 15.2. The normalized spacial score (nSPS) is 11.7. The fourth-order valence-electron chi connectivity index (χ4n) is 2.65. The van der Waals surface area contributed by atoms with Crippen molar-refractivity contribution >= 4 is 5.97 Å². The molecule has 1 atom stereocenters. The van der Waals surface area contributed by atoms with Gasteiger partial charge in [0.1, 0.15) is 12.4 Å². The maximum Gasteiger partial charge on any atom is 0.243 e. The van der Waals surface area contributed by atoms with Crippen molar-refractivity contribution < 1.29 is 14.5 Å². The topological polar surface area (TPSA) is 48.9 Å². The Kier molecular flexibility index (Phi) is 14.4. The van der Waals surface area contributed by atoms with Crippen LogP contribution in [-0.2, 0) is 18.4 Å². The van der Waals surface area contributed by atoms with Crippen molar-refractivity contribution in [2.45, 2.75) is 91.5 Å². The number of unbranched alkanes of at least 4 members (excludes halogenated alkanes) is 6. The van der Waals surface area contributed by atoms with E-state index in [2.05, 4.69) is 48.8 Å². The molecule has 1 unspecified atom stereocenters. The lowest BCUT2D eigenvalue weighted by molar-refractivity contribution is -0.696. The molecule has 0 amide bonds. The number of imidazole rings is 1. The summed E-state index contributed by atoms with van der Waals surface area (Å²) in [5, 5.41) is 10.3. The molecule has 0 fully saturated rings. The van der Waals surface area contributed by atoms with Crippen molar-refractivity contribution in [3.8, 4) is 0 Å². The molecule has 0 aliphatic carbocycles. The van der Waals surface area contributed by atoms with Gasteiger partial charge in [0, 0.05) is 5.97 Å². The van der Waals surface area contributed by atoms with E-state index >= 15 is 0 Å². The number of carboxylic acids is 1. The minimum Gasteiger partial charge on any atom is -0.550 e. The van der Waals surface area contributed by atoms with Crippen molar-refractivity contribution in [3.05, 3.63) is 18.7 Å². The molecule has 1 aromatic rings. The van der Waals surface area contributed by atoms with E-state index < -0.39 is 5.97 Å². The highest BCUT2D eigenvalue weighted by Crippen LogP contribution is 2.10. The lowest BCUT2D eigenvalue weighted by Gasteiger charge is -2.14. The fraction of sp³-hybridized carbons (Fsp3) is 0.800. The minimum absolute atomic E-state index is 0.222. The number of aryl methyl sites for hydroxylation is 2. The number of carbonyl (C=O) groups excluding carboxylic acids is 1. The van der Waals surface area contributed by atoms with Gasteiger partial charge in [-0.05, 0) is 31.6 Å². The van der Waals surface area contributed by atoms with Crippen LogP contribution in [0, 0.1) is 5.92 Å². The molecule has 140 valence electrons. The van der Waals surface area contributed by atoms with Crippen LogP contribution in [0.25, 0.3) is 0 Å². The Balaban J connectivity index is 0.000000470. The molecular weight excluding hydrogens is 300 g/mol. The number of nitrogens with zero attached hydrogens (tertiary/aromatic N) is 2. The first-order valence-electron chi connectivity index (χ1n) is 9.76. The second-order valence-corrected chi connectivity index (χ2v) is 6.65. The highest BCUT2D eigenvalue weighted by atomic mass is 16.4. The number of carboxylic acid groups (broad SMARTS) is 1. The molecule has 4 heteroatoms. The lowest BCUT2D eigenvalue weighted by atomic mass is 10.00. The standard InChI is InChI=1S/C12H23N2.C8H16O2/c1-3-4-5-6-7-8-9-14-11-10-13(2)12-14;1-3-5-6-7(4-2)8(9)10/h10-12H,3-9H2,1-2H3;7H,3-6H2,1-2H3,(H,9,10)/q+1;/p-1. The number of rotatable bonds is 12. The van der Waals surface area contributed by atoms with Gasteiger partial charge < -0.3 is 9.90 Å². The van der Waals surface area contributed by atoms with Crippen LogP contribution in [0.3, 0.4) is 0 Å². The molecule has 0 radical (unpaired) electrons. The predicted molar refractivity (Wildman–Crippen MR) is 97.3 cm³/mol. The Bertz CT molecular complexity index is 416. The average molecular weight is 339 g/mol. The Morgan fingerprint density at radius 1 is 1.04 bits per heavy atom. The van der Waals surface area contributed by atoms with Crippen molar-refractivity contribution in [3.63, 3.8) is 0 Å². The molecule has 0 aromatic carbocycles. The highest BCUT2D eigenvalue weighted by molar-refractivity contribution is 5.67. The number of carbonyl (C=O) groups is 1. The summed E-state index contributed by atoms with van der Waals surface area (Å²) in [6, 6.07) is 0. The first-order chi connectivity index (χ1) is 11.5. The third kappa shape index (κ3) is 12.1. The van der Waals surface area contributed by atoms with E-state index in [4.69, 9.17) is 0 Å². The third-order valence-electron chi connectivity index (χ3n) is 4.33.